The monoisotopic (exact) mass is 182 g/mol. The summed E-state index contributed by atoms with van der Waals surface area (Å²) in [5, 5.41) is 3.29. The Labute approximate surface area is 79.5 Å². The first kappa shape index (κ1) is 9.00. The minimum absolute atomic E-state index is 0.270. The summed E-state index contributed by atoms with van der Waals surface area (Å²) in [6.45, 7) is 3.98. The first-order valence-electron chi connectivity index (χ1n) is 5.37. The molecule has 1 atom stereocenters. The average molecular weight is 182 g/mol. The zero-order valence-electron chi connectivity index (χ0n) is 8.09. The highest BCUT2D eigenvalue weighted by Crippen LogP contribution is 2.17. The maximum Gasteiger partial charge on any atom is 0.226 e. The van der Waals surface area contributed by atoms with Gasteiger partial charge in [-0.2, -0.15) is 0 Å². The molecule has 0 aromatic carbocycles. The Balaban J connectivity index is 1.87. The normalized spacial score (nSPS) is 29.2. The molecule has 0 bridgehead atoms. The third-order valence-electron chi connectivity index (χ3n) is 3.06. The van der Waals surface area contributed by atoms with E-state index in [9.17, 15) is 4.79 Å². The van der Waals surface area contributed by atoms with Crippen molar-refractivity contribution in [2.45, 2.75) is 25.7 Å². The maximum absolute atomic E-state index is 11.9. The molecular weight excluding hydrogens is 164 g/mol. The van der Waals surface area contributed by atoms with Crippen LogP contribution in [0, 0.1) is 5.92 Å². The maximum atomic E-state index is 11.9. The van der Waals surface area contributed by atoms with Crippen LogP contribution >= 0.6 is 0 Å². The van der Waals surface area contributed by atoms with E-state index in [0.29, 0.717) is 5.91 Å². The fraction of sp³-hybridized carbons (Fsp3) is 0.900. The van der Waals surface area contributed by atoms with Gasteiger partial charge >= 0.3 is 0 Å². The van der Waals surface area contributed by atoms with Gasteiger partial charge in [0.25, 0.3) is 0 Å². The molecule has 1 amide bonds. The number of hydrogen-bond acceptors (Lipinski definition) is 2. The van der Waals surface area contributed by atoms with Crippen molar-refractivity contribution < 1.29 is 4.79 Å². The molecule has 0 aromatic heterocycles. The summed E-state index contributed by atoms with van der Waals surface area (Å²) in [4.78, 5) is 13.9. The van der Waals surface area contributed by atoms with E-state index in [1.165, 1.54) is 12.8 Å². The lowest BCUT2D eigenvalue weighted by Crippen LogP contribution is -2.41. The van der Waals surface area contributed by atoms with Crippen LogP contribution in [0.25, 0.3) is 0 Å². The lowest BCUT2D eigenvalue weighted by Gasteiger charge is -2.26. The molecule has 0 unspecified atom stereocenters. The number of carbonyl (C=O) groups excluding carboxylic acids is 1. The summed E-state index contributed by atoms with van der Waals surface area (Å²) < 4.78 is 0. The first-order chi connectivity index (χ1) is 6.38. The predicted molar refractivity (Wildman–Crippen MR) is 51.4 cm³/mol. The highest BCUT2D eigenvalue weighted by Gasteiger charge is 2.27. The highest BCUT2D eigenvalue weighted by molar-refractivity contribution is 5.79. The zero-order chi connectivity index (χ0) is 9.10. The SMILES string of the molecule is O=C([C@H]1CCCNC1)N1CCCC1. The number of nitrogens with zero attached hydrogens (tertiary/aromatic N) is 1. The summed E-state index contributed by atoms with van der Waals surface area (Å²) in [5.74, 6) is 0.663. The van der Waals surface area contributed by atoms with Crippen LogP contribution in [0.4, 0.5) is 0 Å². The molecule has 0 aromatic rings. The van der Waals surface area contributed by atoms with Crippen LogP contribution in [0.2, 0.25) is 0 Å². The van der Waals surface area contributed by atoms with Crippen molar-refractivity contribution in [1.82, 2.24) is 10.2 Å². The van der Waals surface area contributed by atoms with Crippen molar-refractivity contribution in [3.05, 3.63) is 0 Å². The average Bonchev–Trinajstić information content (AvgIpc) is 2.71. The molecule has 0 saturated carbocycles. The Kier molecular flexibility index (Phi) is 2.83. The second-order valence-corrected chi connectivity index (χ2v) is 4.08. The molecule has 0 radical (unpaired) electrons. The van der Waals surface area contributed by atoms with E-state index < -0.39 is 0 Å². The minimum Gasteiger partial charge on any atom is -0.342 e. The topological polar surface area (TPSA) is 32.3 Å². The number of amides is 1. The van der Waals surface area contributed by atoms with Crippen molar-refractivity contribution in [2.24, 2.45) is 5.92 Å². The van der Waals surface area contributed by atoms with E-state index in [0.717, 1.165) is 39.0 Å². The van der Waals surface area contributed by atoms with Crippen LogP contribution in [-0.2, 0) is 4.79 Å². The smallest absolute Gasteiger partial charge is 0.226 e. The van der Waals surface area contributed by atoms with Gasteiger partial charge in [-0.05, 0) is 32.2 Å². The third kappa shape index (κ3) is 2.02. The van der Waals surface area contributed by atoms with Gasteiger partial charge in [0.15, 0.2) is 0 Å². The van der Waals surface area contributed by atoms with Gasteiger partial charge in [0, 0.05) is 19.6 Å². The summed E-state index contributed by atoms with van der Waals surface area (Å²) in [6.07, 6.45) is 4.64. The van der Waals surface area contributed by atoms with E-state index in [2.05, 4.69) is 5.32 Å². The fourth-order valence-corrected chi connectivity index (χ4v) is 2.26. The van der Waals surface area contributed by atoms with Crippen LogP contribution < -0.4 is 5.32 Å². The number of rotatable bonds is 1. The number of hydrogen-bond donors (Lipinski definition) is 1. The number of nitrogens with one attached hydrogen (secondary N) is 1. The molecule has 2 fully saturated rings. The molecule has 2 aliphatic rings. The first-order valence-corrected chi connectivity index (χ1v) is 5.37. The Morgan fingerprint density at radius 3 is 2.62 bits per heavy atom. The molecule has 3 heteroatoms. The Morgan fingerprint density at radius 2 is 2.00 bits per heavy atom. The van der Waals surface area contributed by atoms with Crippen molar-refractivity contribution >= 4 is 5.91 Å². The lowest BCUT2D eigenvalue weighted by atomic mass is 9.98. The molecule has 13 heavy (non-hydrogen) atoms. The Hall–Kier alpha value is -0.570. The molecule has 2 saturated heterocycles. The second-order valence-electron chi connectivity index (χ2n) is 4.08. The van der Waals surface area contributed by atoms with Crippen molar-refractivity contribution in [1.29, 1.82) is 0 Å². The van der Waals surface area contributed by atoms with E-state index in [1.54, 1.807) is 0 Å². The van der Waals surface area contributed by atoms with Crippen LogP contribution in [0.5, 0.6) is 0 Å². The molecule has 2 heterocycles. The molecule has 0 aliphatic carbocycles. The summed E-state index contributed by atoms with van der Waals surface area (Å²) in [6, 6.07) is 0. The van der Waals surface area contributed by atoms with Gasteiger partial charge in [-0.25, -0.2) is 0 Å². The van der Waals surface area contributed by atoms with E-state index in [-0.39, 0.29) is 5.92 Å². The molecular formula is C10H18N2O. The van der Waals surface area contributed by atoms with Gasteiger partial charge in [0.1, 0.15) is 0 Å². The molecule has 3 nitrogen and oxygen atoms in total. The van der Waals surface area contributed by atoms with E-state index in [4.69, 9.17) is 0 Å². The summed E-state index contributed by atoms with van der Waals surface area (Å²) in [7, 11) is 0. The largest absolute Gasteiger partial charge is 0.342 e. The fourth-order valence-electron chi connectivity index (χ4n) is 2.26. The molecule has 2 rings (SSSR count). The van der Waals surface area contributed by atoms with Gasteiger partial charge in [-0.1, -0.05) is 0 Å². The zero-order valence-corrected chi connectivity index (χ0v) is 8.09. The van der Waals surface area contributed by atoms with Crippen molar-refractivity contribution in [3.63, 3.8) is 0 Å². The summed E-state index contributed by atoms with van der Waals surface area (Å²) >= 11 is 0. The summed E-state index contributed by atoms with van der Waals surface area (Å²) in [5.41, 5.74) is 0. The molecule has 74 valence electrons. The quantitative estimate of drug-likeness (QED) is 0.644. The van der Waals surface area contributed by atoms with Crippen LogP contribution in [0.15, 0.2) is 0 Å². The minimum atomic E-state index is 0.270. The Morgan fingerprint density at radius 1 is 1.23 bits per heavy atom. The van der Waals surface area contributed by atoms with Crippen LogP contribution in [0.1, 0.15) is 25.7 Å². The number of likely N-dealkylation sites (tertiary alicyclic amines) is 1. The van der Waals surface area contributed by atoms with Gasteiger partial charge < -0.3 is 10.2 Å². The molecule has 0 spiro atoms. The Bertz CT molecular complexity index is 181. The van der Waals surface area contributed by atoms with Gasteiger partial charge in [0.2, 0.25) is 5.91 Å². The van der Waals surface area contributed by atoms with Crippen LogP contribution in [0.3, 0.4) is 0 Å². The number of carbonyl (C=O) groups is 1. The standard InChI is InChI=1S/C10H18N2O/c13-10(12-6-1-2-7-12)9-4-3-5-11-8-9/h9,11H,1-8H2/t9-/m0/s1. The van der Waals surface area contributed by atoms with Crippen LogP contribution in [-0.4, -0.2) is 37.0 Å². The number of piperidine rings is 1. The molecule has 1 N–H and O–H groups in total. The third-order valence-corrected chi connectivity index (χ3v) is 3.06. The van der Waals surface area contributed by atoms with E-state index >= 15 is 0 Å². The van der Waals surface area contributed by atoms with Gasteiger partial charge in [0.05, 0.1) is 5.92 Å². The lowest BCUT2D eigenvalue weighted by molar-refractivity contribution is -0.134. The van der Waals surface area contributed by atoms with Crippen molar-refractivity contribution in [2.75, 3.05) is 26.2 Å². The van der Waals surface area contributed by atoms with Gasteiger partial charge in [-0.15, -0.1) is 0 Å². The predicted octanol–water partition coefficient (Wildman–Crippen LogP) is 0.608. The van der Waals surface area contributed by atoms with Gasteiger partial charge in [-0.3, -0.25) is 4.79 Å². The highest BCUT2D eigenvalue weighted by atomic mass is 16.2. The second kappa shape index (κ2) is 4.09. The molecule has 2 aliphatic heterocycles. The van der Waals surface area contributed by atoms with E-state index in [1.807, 2.05) is 4.90 Å². The van der Waals surface area contributed by atoms with Crippen molar-refractivity contribution in [3.8, 4) is 0 Å².